The molecule has 0 spiro atoms. The molecule has 0 heterocycles. The third-order valence-electron chi connectivity index (χ3n) is 3.76. The molecule has 24 heavy (non-hydrogen) atoms. The summed E-state index contributed by atoms with van der Waals surface area (Å²) in [7, 11) is 0. The van der Waals surface area contributed by atoms with Gasteiger partial charge in [-0.25, -0.2) is 8.78 Å². The standard InChI is InChI=1S/C17H15F5O2/c1-16(24,15(18)19)13-8-6-11(7-9-13)10-2-4-12(5-3-10)14(23)17(20,21)22/h2-9,14-15,23-24H,1H3/t14-,16?/m1/s1. The van der Waals surface area contributed by atoms with E-state index in [0.29, 0.717) is 11.1 Å². The number of aliphatic hydroxyl groups excluding tert-OH is 1. The fourth-order valence-corrected chi connectivity index (χ4v) is 2.17. The molecule has 7 heteroatoms. The zero-order valence-electron chi connectivity index (χ0n) is 12.6. The monoisotopic (exact) mass is 346 g/mol. The summed E-state index contributed by atoms with van der Waals surface area (Å²) in [6.45, 7) is 1.000. The van der Waals surface area contributed by atoms with Gasteiger partial charge in [0, 0.05) is 0 Å². The van der Waals surface area contributed by atoms with Crippen LogP contribution in [-0.4, -0.2) is 22.8 Å². The molecule has 0 bridgehead atoms. The molecule has 2 aromatic carbocycles. The summed E-state index contributed by atoms with van der Waals surface area (Å²) in [4.78, 5) is 0. The Labute approximate surface area is 135 Å². The first-order valence-corrected chi connectivity index (χ1v) is 6.99. The van der Waals surface area contributed by atoms with Crippen LogP contribution in [0.4, 0.5) is 22.0 Å². The second kappa shape index (κ2) is 6.49. The largest absolute Gasteiger partial charge is 0.418 e. The molecule has 0 amide bonds. The predicted molar refractivity (Wildman–Crippen MR) is 78.5 cm³/mol. The Morgan fingerprint density at radius 2 is 1.25 bits per heavy atom. The lowest BCUT2D eigenvalue weighted by atomic mass is 9.94. The van der Waals surface area contributed by atoms with E-state index in [1.807, 2.05) is 0 Å². The van der Waals surface area contributed by atoms with Crippen molar-refractivity contribution >= 4 is 0 Å². The van der Waals surface area contributed by atoms with Gasteiger partial charge in [0.1, 0.15) is 5.60 Å². The second-order valence-electron chi connectivity index (χ2n) is 5.59. The molecule has 2 nitrogen and oxygen atoms in total. The van der Waals surface area contributed by atoms with Gasteiger partial charge in [-0.2, -0.15) is 13.2 Å². The van der Waals surface area contributed by atoms with Crippen LogP contribution in [0, 0.1) is 0 Å². The van der Waals surface area contributed by atoms with Gasteiger partial charge in [0.25, 0.3) is 6.43 Å². The van der Waals surface area contributed by atoms with Crippen LogP contribution in [0.15, 0.2) is 48.5 Å². The number of alkyl halides is 5. The van der Waals surface area contributed by atoms with Crippen molar-refractivity contribution in [3.63, 3.8) is 0 Å². The first-order valence-electron chi connectivity index (χ1n) is 6.99. The summed E-state index contributed by atoms with van der Waals surface area (Å²) in [5.74, 6) is 0. The van der Waals surface area contributed by atoms with E-state index >= 15 is 0 Å². The van der Waals surface area contributed by atoms with Crippen LogP contribution in [0.3, 0.4) is 0 Å². The van der Waals surface area contributed by atoms with Crippen LogP contribution in [0.2, 0.25) is 0 Å². The number of benzene rings is 2. The van der Waals surface area contributed by atoms with Crippen molar-refractivity contribution in [2.75, 3.05) is 0 Å². The fraction of sp³-hybridized carbons (Fsp3) is 0.294. The maximum atomic E-state index is 12.8. The fourth-order valence-electron chi connectivity index (χ4n) is 2.17. The van der Waals surface area contributed by atoms with Gasteiger partial charge in [-0.1, -0.05) is 48.5 Å². The Kier molecular flexibility index (Phi) is 4.96. The molecule has 0 fully saturated rings. The van der Waals surface area contributed by atoms with E-state index in [2.05, 4.69) is 0 Å². The molecule has 0 aliphatic heterocycles. The SMILES string of the molecule is CC(O)(c1ccc(-c2ccc([C@@H](O)C(F)(F)F)cc2)cc1)C(F)F. The van der Waals surface area contributed by atoms with Gasteiger partial charge in [-0.15, -0.1) is 0 Å². The van der Waals surface area contributed by atoms with Crippen LogP contribution < -0.4 is 0 Å². The lowest BCUT2D eigenvalue weighted by molar-refractivity contribution is -0.206. The molecule has 0 aliphatic rings. The summed E-state index contributed by atoms with van der Waals surface area (Å²) in [5.41, 5.74) is -1.40. The average Bonchev–Trinajstić information content (AvgIpc) is 2.53. The minimum Gasteiger partial charge on any atom is -0.379 e. The Hall–Kier alpha value is -1.99. The molecule has 0 aromatic heterocycles. The molecular formula is C17H15F5O2. The van der Waals surface area contributed by atoms with E-state index in [0.717, 1.165) is 19.1 Å². The summed E-state index contributed by atoms with van der Waals surface area (Å²) >= 11 is 0. The quantitative estimate of drug-likeness (QED) is 0.805. The van der Waals surface area contributed by atoms with Crippen LogP contribution in [0.25, 0.3) is 11.1 Å². The highest BCUT2D eigenvalue weighted by molar-refractivity contribution is 5.64. The van der Waals surface area contributed by atoms with Gasteiger partial charge >= 0.3 is 6.18 Å². The topological polar surface area (TPSA) is 40.5 Å². The molecule has 130 valence electrons. The minimum absolute atomic E-state index is 0.0327. The third-order valence-corrected chi connectivity index (χ3v) is 3.76. The van der Waals surface area contributed by atoms with Gasteiger partial charge in [0.2, 0.25) is 0 Å². The van der Waals surface area contributed by atoms with Gasteiger partial charge in [-0.3, -0.25) is 0 Å². The van der Waals surface area contributed by atoms with E-state index in [1.54, 1.807) is 0 Å². The van der Waals surface area contributed by atoms with Crippen LogP contribution in [0.1, 0.15) is 24.2 Å². The Balaban J connectivity index is 2.24. The predicted octanol–water partition coefficient (Wildman–Crippen LogP) is 4.42. The lowest BCUT2D eigenvalue weighted by Crippen LogP contribution is -2.30. The Morgan fingerprint density at radius 1 is 0.833 bits per heavy atom. The number of halogens is 5. The summed E-state index contributed by atoms with van der Waals surface area (Å²) in [5, 5.41) is 18.9. The van der Waals surface area contributed by atoms with Gasteiger partial charge in [0.15, 0.2) is 6.10 Å². The van der Waals surface area contributed by atoms with Crippen molar-refractivity contribution < 1.29 is 32.2 Å². The number of rotatable bonds is 4. The zero-order chi connectivity index (χ0) is 18.1. The van der Waals surface area contributed by atoms with Crippen molar-refractivity contribution in [3.8, 4) is 11.1 Å². The summed E-state index contributed by atoms with van der Waals surface area (Å²) in [6.07, 6.45) is -10.3. The van der Waals surface area contributed by atoms with E-state index < -0.39 is 24.3 Å². The molecule has 0 saturated carbocycles. The molecule has 1 unspecified atom stereocenters. The second-order valence-corrected chi connectivity index (χ2v) is 5.59. The first-order chi connectivity index (χ1) is 11.0. The van der Waals surface area contributed by atoms with Crippen molar-refractivity contribution in [1.82, 2.24) is 0 Å². The van der Waals surface area contributed by atoms with Gasteiger partial charge in [-0.05, 0) is 29.2 Å². The number of hydrogen-bond donors (Lipinski definition) is 2. The first kappa shape index (κ1) is 18.4. The van der Waals surface area contributed by atoms with Crippen LogP contribution in [0.5, 0.6) is 0 Å². The van der Waals surface area contributed by atoms with E-state index in [9.17, 15) is 32.2 Å². The summed E-state index contributed by atoms with van der Waals surface area (Å²) in [6, 6.07) is 10.7. The lowest BCUT2D eigenvalue weighted by Gasteiger charge is -2.22. The average molecular weight is 346 g/mol. The van der Waals surface area contributed by atoms with Gasteiger partial charge in [0.05, 0.1) is 0 Å². The van der Waals surface area contributed by atoms with E-state index in [4.69, 9.17) is 0 Å². The number of aliphatic hydroxyl groups is 2. The van der Waals surface area contributed by atoms with Crippen molar-refractivity contribution in [2.24, 2.45) is 0 Å². The molecule has 0 radical (unpaired) electrons. The number of hydrogen-bond acceptors (Lipinski definition) is 2. The van der Waals surface area contributed by atoms with E-state index in [-0.39, 0.29) is 11.1 Å². The van der Waals surface area contributed by atoms with E-state index in [1.165, 1.54) is 36.4 Å². The molecule has 2 aromatic rings. The highest BCUT2D eigenvalue weighted by Gasteiger charge is 2.39. The maximum Gasteiger partial charge on any atom is 0.418 e. The highest BCUT2D eigenvalue weighted by atomic mass is 19.4. The normalized spacial score (nSPS) is 16.0. The minimum atomic E-state index is -4.75. The smallest absolute Gasteiger partial charge is 0.379 e. The third kappa shape index (κ3) is 3.73. The Bertz CT molecular complexity index is 676. The van der Waals surface area contributed by atoms with Crippen molar-refractivity contribution in [1.29, 1.82) is 0 Å². The maximum absolute atomic E-state index is 12.8. The molecule has 2 rings (SSSR count). The molecule has 0 saturated heterocycles. The van der Waals surface area contributed by atoms with Crippen molar-refractivity contribution in [2.45, 2.75) is 31.2 Å². The molecule has 0 aliphatic carbocycles. The van der Waals surface area contributed by atoms with Gasteiger partial charge < -0.3 is 10.2 Å². The summed E-state index contributed by atoms with van der Waals surface area (Å²) < 4.78 is 62.9. The Morgan fingerprint density at radius 3 is 1.62 bits per heavy atom. The van der Waals surface area contributed by atoms with Crippen LogP contribution >= 0.6 is 0 Å². The molecule has 2 atom stereocenters. The van der Waals surface area contributed by atoms with Crippen LogP contribution in [-0.2, 0) is 5.60 Å². The highest BCUT2D eigenvalue weighted by Crippen LogP contribution is 2.34. The zero-order valence-corrected chi connectivity index (χ0v) is 12.6. The molecular weight excluding hydrogens is 331 g/mol. The van der Waals surface area contributed by atoms with Crippen molar-refractivity contribution in [3.05, 3.63) is 59.7 Å². The molecule has 2 N–H and O–H groups in total.